The van der Waals surface area contributed by atoms with Crippen molar-refractivity contribution in [3.8, 4) is 5.75 Å². The number of carbonyl (C=O) groups excluding carboxylic acids is 1. The van der Waals surface area contributed by atoms with Crippen LogP contribution in [0.2, 0.25) is 0 Å². The molecular formula is C18H28N2O4S. The Hall–Kier alpha value is -1.60. The Morgan fingerprint density at radius 2 is 2.00 bits per heavy atom. The van der Waals surface area contributed by atoms with E-state index in [1.54, 1.807) is 11.0 Å². The summed E-state index contributed by atoms with van der Waals surface area (Å²) in [4.78, 5) is 13.7. The molecule has 0 bridgehead atoms. The Balaban J connectivity index is 2.21. The number of amides is 1. The first-order chi connectivity index (χ1) is 11.7. The number of nitrogens with zero attached hydrogens (tertiary/aromatic N) is 1. The number of benzene rings is 1. The predicted octanol–water partition coefficient (Wildman–Crippen LogP) is 3.07. The molecule has 0 unspecified atom stereocenters. The van der Waals surface area contributed by atoms with Gasteiger partial charge in [0.15, 0.2) is 0 Å². The molecule has 1 N–H and O–H groups in total. The van der Waals surface area contributed by atoms with Crippen molar-refractivity contribution in [3.63, 3.8) is 0 Å². The molecule has 1 aromatic carbocycles. The first kappa shape index (κ1) is 19.7. The van der Waals surface area contributed by atoms with Gasteiger partial charge in [0.2, 0.25) is 15.9 Å². The lowest BCUT2D eigenvalue weighted by atomic mass is 10.1. The van der Waals surface area contributed by atoms with Gasteiger partial charge in [-0.2, -0.15) is 0 Å². The number of sulfonamides is 1. The van der Waals surface area contributed by atoms with Crippen LogP contribution >= 0.6 is 0 Å². The molecule has 1 amide bonds. The molecule has 0 atom stereocenters. The van der Waals surface area contributed by atoms with Crippen molar-refractivity contribution in [3.05, 3.63) is 18.2 Å². The maximum atomic E-state index is 12.5. The van der Waals surface area contributed by atoms with Crippen LogP contribution in [0.15, 0.2) is 23.1 Å². The summed E-state index contributed by atoms with van der Waals surface area (Å²) in [6.07, 6.45) is 4.02. The summed E-state index contributed by atoms with van der Waals surface area (Å²) in [5.74, 6) is 0.382. The van der Waals surface area contributed by atoms with Crippen LogP contribution in [0.1, 0.15) is 53.4 Å². The van der Waals surface area contributed by atoms with E-state index in [0.717, 1.165) is 25.7 Å². The third-order valence-corrected chi connectivity index (χ3v) is 5.62. The van der Waals surface area contributed by atoms with E-state index in [1.807, 2.05) is 13.8 Å². The van der Waals surface area contributed by atoms with Crippen LogP contribution in [-0.2, 0) is 14.8 Å². The molecule has 0 fully saturated rings. The van der Waals surface area contributed by atoms with Gasteiger partial charge < -0.3 is 9.64 Å². The van der Waals surface area contributed by atoms with Gasteiger partial charge in [0, 0.05) is 13.5 Å². The Morgan fingerprint density at radius 3 is 2.64 bits per heavy atom. The summed E-state index contributed by atoms with van der Waals surface area (Å²) < 4.78 is 33.5. The summed E-state index contributed by atoms with van der Waals surface area (Å²) in [6.45, 7) is 8.17. The van der Waals surface area contributed by atoms with Gasteiger partial charge in [-0.1, -0.05) is 26.2 Å². The highest BCUT2D eigenvalue weighted by molar-refractivity contribution is 7.89. The quantitative estimate of drug-likeness (QED) is 0.751. The standard InChI is InChI=1S/C18H28N2O4S/c1-5-6-7-8-11-19-25(22,23)15-9-10-17-16(12-15)20(14(2)21)13-18(3,4)24-17/h9-10,12,19H,5-8,11,13H2,1-4H3. The minimum atomic E-state index is -3.60. The number of rotatable bonds is 7. The molecule has 0 spiro atoms. The molecule has 0 aromatic heterocycles. The van der Waals surface area contributed by atoms with Crippen molar-refractivity contribution in [2.75, 3.05) is 18.0 Å². The Morgan fingerprint density at radius 1 is 1.28 bits per heavy atom. The number of fused-ring (bicyclic) bond motifs is 1. The van der Waals surface area contributed by atoms with Crippen LogP contribution < -0.4 is 14.4 Å². The number of hydrogen-bond donors (Lipinski definition) is 1. The molecule has 6 nitrogen and oxygen atoms in total. The number of hydrogen-bond acceptors (Lipinski definition) is 4. The monoisotopic (exact) mass is 368 g/mol. The maximum Gasteiger partial charge on any atom is 0.240 e. The smallest absolute Gasteiger partial charge is 0.240 e. The van der Waals surface area contributed by atoms with Gasteiger partial charge in [-0.25, -0.2) is 13.1 Å². The lowest BCUT2D eigenvalue weighted by molar-refractivity contribution is -0.117. The molecule has 140 valence electrons. The van der Waals surface area contributed by atoms with E-state index in [9.17, 15) is 13.2 Å². The van der Waals surface area contributed by atoms with Crippen molar-refractivity contribution in [2.24, 2.45) is 0 Å². The van der Waals surface area contributed by atoms with Crippen LogP contribution in [0.4, 0.5) is 5.69 Å². The average Bonchev–Trinajstić information content (AvgIpc) is 2.52. The van der Waals surface area contributed by atoms with Crippen molar-refractivity contribution >= 4 is 21.6 Å². The fourth-order valence-electron chi connectivity index (χ4n) is 2.88. The summed E-state index contributed by atoms with van der Waals surface area (Å²) in [6, 6.07) is 4.66. The first-order valence-corrected chi connectivity index (χ1v) is 10.3. The van der Waals surface area contributed by atoms with Crippen molar-refractivity contribution in [2.45, 2.75) is 63.9 Å². The predicted molar refractivity (Wildman–Crippen MR) is 98.5 cm³/mol. The Labute approximate surface area is 150 Å². The largest absolute Gasteiger partial charge is 0.484 e. The second kappa shape index (κ2) is 7.74. The number of nitrogens with one attached hydrogen (secondary N) is 1. The maximum absolute atomic E-state index is 12.5. The molecule has 1 aliphatic rings. The zero-order valence-electron chi connectivity index (χ0n) is 15.5. The molecule has 0 saturated heterocycles. The van der Waals surface area contributed by atoms with Crippen molar-refractivity contribution in [1.29, 1.82) is 0 Å². The molecule has 0 saturated carbocycles. The topological polar surface area (TPSA) is 75.7 Å². The number of anilines is 1. The van der Waals surface area contributed by atoms with Crippen LogP contribution in [0.25, 0.3) is 0 Å². The third kappa shape index (κ3) is 4.95. The van der Waals surface area contributed by atoms with Crippen LogP contribution in [0.3, 0.4) is 0 Å². The van der Waals surface area contributed by atoms with Crippen LogP contribution in [0.5, 0.6) is 5.75 Å². The molecule has 1 heterocycles. The lowest BCUT2D eigenvalue weighted by Gasteiger charge is -2.39. The fourth-order valence-corrected chi connectivity index (χ4v) is 3.97. The van der Waals surface area contributed by atoms with Crippen LogP contribution in [0, 0.1) is 0 Å². The zero-order chi connectivity index (χ0) is 18.7. The summed E-state index contributed by atoms with van der Waals surface area (Å²) >= 11 is 0. The second-order valence-electron chi connectivity index (χ2n) is 7.05. The lowest BCUT2D eigenvalue weighted by Crippen LogP contribution is -2.48. The van der Waals surface area contributed by atoms with E-state index < -0.39 is 15.6 Å². The van der Waals surface area contributed by atoms with Gasteiger partial charge in [-0.15, -0.1) is 0 Å². The fraction of sp³-hybridized carbons (Fsp3) is 0.611. The van der Waals surface area contributed by atoms with E-state index in [2.05, 4.69) is 11.6 Å². The van der Waals surface area contributed by atoms with Crippen molar-refractivity contribution in [1.82, 2.24) is 4.72 Å². The van der Waals surface area contributed by atoms with E-state index in [-0.39, 0.29) is 10.8 Å². The second-order valence-corrected chi connectivity index (χ2v) is 8.82. The zero-order valence-corrected chi connectivity index (χ0v) is 16.3. The molecule has 25 heavy (non-hydrogen) atoms. The van der Waals surface area contributed by atoms with Gasteiger partial charge >= 0.3 is 0 Å². The van der Waals surface area contributed by atoms with Gasteiger partial charge in [0.25, 0.3) is 0 Å². The molecule has 1 aromatic rings. The van der Waals surface area contributed by atoms with Crippen molar-refractivity contribution < 1.29 is 17.9 Å². The number of carbonyl (C=O) groups is 1. The highest BCUT2D eigenvalue weighted by atomic mass is 32.2. The van der Waals surface area contributed by atoms with Gasteiger partial charge in [-0.3, -0.25) is 4.79 Å². The third-order valence-electron chi connectivity index (χ3n) is 4.16. The van der Waals surface area contributed by atoms with E-state index in [1.165, 1.54) is 19.1 Å². The Kier molecular flexibility index (Phi) is 6.11. The van der Waals surface area contributed by atoms with Gasteiger partial charge in [-0.05, 0) is 38.5 Å². The molecule has 2 rings (SSSR count). The average molecular weight is 368 g/mol. The summed E-state index contributed by atoms with van der Waals surface area (Å²) in [5, 5.41) is 0. The molecule has 0 aliphatic carbocycles. The van der Waals surface area contributed by atoms with Gasteiger partial charge in [0.05, 0.1) is 17.1 Å². The van der Waals surface area contributed by atoms with E-state index in [0.29, 0.717) is 24.5 Å². The number of ether oxygens (including phenoxy) is 1. The van der Waals surface area contributed by atoms with Crippen LogP contribution in [-0.4, -0.2) is 33.0 Å². The normalized spacial score (nSPS) is 16.2. The highest BCUT2D eigenvalue weighted by Crippen LogP contribution is 2.38. The summed E-state index contributed by atoms with van der Waals surface area (Å²) in [5.41, 5.74) is -0.0166. The van der Waals surface area contributed by atoms with E-state index >= 15 is 0 Å². The van der Waals surface area contributed by atoms with Gasteiger partial charge in [0.1, 0.15) is 11.4 Å². The number of unbranched alkanes of at least 4 members (excludes halogenated alkanes) is 3. The highest BCUT2D eigenvalue weighted by Gasteiger charge is 2.34. The minimum Gasteiger partial charge on any atom is -0.484 e. The SMILES string of the molecule is CCCCCCNS(=O)(=O)c1ccc2c(c1)N(C(C)=O)CC(C)(C)O2. The molecule has 0 radical (unpaired) electrons. The molecule has 1 aliphatic heterocycles. The Bertz CT molecular complexity index is 729. The molecular weight excluding hydrogens is 340 g/mol. The first-order valence-electron chi connectivity index (χ1n) is 8.77. The van der Waals surface area contributed by atoms with E-state index in [4.69, 9.17) is 4.74 Å². The minimum absolute atomic E-state index is 0.139. The molecule has 7 heteroatoms. The summed E-state index contributed by atoms with van der Waals surface area (Å²) in [7, 11) is -3.60.